The monoisotopic (exact) mass is 308 g/mol. The molecule has 1 aromatic carbocycles. The first-order valence-electron chi connectivity index (χ1n) is 7.19. The van der Waals surface area contributed by atoms with Gasteiger partial charge in [0.05, 0.1) is 11.7 Å². The Morgan fingerprint density at radius 2 is 2.00 bits per heavy atom. The molecule has 0 spiro atoms. The highest BCUT2D eigenvalue weighted by Gasteiger charge is 2.13. The molecule has 0 saturated heterocycles. The second-order valence-electron chi connectivity index (χ2n) is 5.12. The Bertz CT molecular complexity index is 798. The summed E-state index contributed by atoms with van der Waals surface area (Å²) in [5, 5.41) is 7.01. The zero-order valence-corrected chi connectivity index (χ0v) is 12.8. The Balaban J connectivity index is 1.70. The van der Waals surface area contributed by atoms with Gasteiger partial charge in [0.25, 0.3) is 5.91 Å². The van der Waals surface area contributed by atoms with Crippen molar-refractivity contribution in [3.8, 4) is 5.69 Å². The van der Waals surface area contributed by atoms with E-state index in [1.54, 1.807) is 30.2 Å². The molecule has 7 nitrogen and oxygen atoms in total. The first-order chi connectivity index (χ1) is 11.1. The molecule has 23 heavy (non-hydrogen) atoms. The topological polar surface area (TPSA) is 85.6 Å². The average Bonchev–Trinajstić information content (AvgIpc) is 3.09. The van der Waals surface area contributed by atoms with Crippen LogP contribution in [0.5, 0.6) is 0 Å². The van der Waals surface area contributed by atoms with Crippen molar-refractivity contribution < 1.29 is 4.79 Å². The largest absolute Gasteiger partial charge is 0.344 e. The second kappa shape index (κ2) is 6.35. The number of carbonyl (C=O) groups excluding carboxylic acids is 1. The van der Waals surface area contributed by atoms with Crippen molar-refractivity contribution in [2.24, 2.45) is 0 Å². The maximum Gasteiger partial charge on any atom is 0.270 e. The molecule has 1 amide bonds. The third-order valence-corrected chi connectivity index (χ3v) is 3.43. The smallest absolute Gasteiger partial charge is 0.270 e. The second-order valence-corrected chi connectivity index (χ2v) is 5.12. The number of nitrogens with zero attached hydrogens (tertiary/aromatic N) is 5. The zero-order chi connectivity index (χ0) is 16.2. The quantitative estimate of drug-likeness (QED) is 0.795. The number of rotatable bonds is 4. The summed E-state index contributed by atoms with van der Waals surface area (Å²) in [6, 6.07) is 9.23. The van der Waals surface area contributed by atoms with Crippen LogP contribution < -0.4 is 5.32 Å². The summed E-state index contributed by atoms with van der Waals surface area (Å²) < 4.78 is 1.68. The molecule has 3 aromatic rings. The number of amides is 1. The zero-order valence-electron chi connectivity index (χ0n) is 12.8. The molecular formula is C16H16N6O. The first kappa shape index (κ1) is 14.8. The number of aryl methyl sites for hydroxylation is 1. The van der Waals surface area contributed by atoms with Gasteiger partial charge < -0.3 is 5.32 Å². The number of benzene rings is 1. The molecule has 0 bridgehead atoms. The lowest BCUT2D eigenvalue weighted by molar-refractivity contribution is 0.0934. The fourth-order valence-corrected chi connectivity index (χ4v) is 2.19. The number of aromatic nitrogens is 5. The molecule has 116 valence electrons. The van der Waals surface area contributed by atoms with Gasteiger partial charge in [-0.3, -0.25) is 4.79 Å². The molecular weight excluding hydrogens is 292 g/mol. The van der Waals surface area contributed by atoms with Crippen LogP contribution in [-0.2, 0) is 0 Å². The van der Waals surface area contributed by atoms with Crippen molar-refractivity contribution in [3.63, 3.8) is 0 Å². The third kappa shape index (κ3) is 3.39. The van der Waals surface area contributed by atoms with Gasteiger partial charge in [-0.1, -0.05) is 12.1 Å². The fourth-order valence-electron chi connectivity index (χ4n) is 2.19. The molecule has 1 atom stereocenters. The minimum absolute atomic E-state index is 0.137. The van der Waals surface area contributed by atoms with E-state index in [1.807, 2.05) is 31.2 Å². The van der Waals surface area contributed by atoms with Crippen LogP contribution >= 0.6 is 0 Å². The van der Waals surface area contributed by atoms with Crippen LogP contribution in [0, 0.1) is 6.92 Å². The molecule has 7 heteroatoms. The SMILES string of the molecule is Cc1nccc(C(=O)NC(C)c2ccc(-n3cncn3)cc2)n1. The predicted molar refractivity (Wildman–Crippen MR) is 84.0 cm³/mol. The Morgan fingerprint density at radius 1 is 1.22 bits per heavy atom. The molecule has 3 rings (SSSR count). The molecule has 1 unspecified atom stereocenters. The van der Waals surface area contributed by atoms with Gasteiger partial charge in [0.15, 0.2) is 0 Å². The Hall–Kier alpha value is -3.09. The van der Waals surface area contributed by atoms with Gasteiger partial charge in [-0.15, -0.1) is 0 Å². The van der Waals surface area contributed by atoms with E-state index < -0.39 is 0 Å². The van der Waals surface area contributed by atoms with Gasteiger partial charge in [0, 0.05) is 6.20 Å². The Kier molecular flexibility index (Phi) is 4.09. The van der Waals surface area contributed by atoms with Crippen molar-refractivity contribution in [3.05, 3.63) is 66.3 Å². The van der Waals surface area contributed by atoms with E-state index in [-0.39, 0.29) is 11.9 Å². The highest BCUT2D eigenvalue weighted by molar-refractivity contribution is 5.92. The lowest BCUT2D eigenvalue weighted by Crippen LogP contribution is -2.27. The summed E-state index contributed by atoms with van der Waals surface area (Å²) in [6.07, 6.45) is 4.70. The van der Waals surface area contributed by atoms with Gasteiger partial charge in [0.1, 0.15) is 24.2 Å². The number of carbonyl (C=O) groups is 1. The highest BCUT2D eigenvalue weighted by Crippen LogP contribution is 2.15. The van der Waals surface area contributed by atoms with Crippen molar-refractivity contribution >= 4 is 5.91 Å². The molecule has 0 saturated carbocycles. The van der Waals surface area contributed by atoms with E-state index in [9.17, 15) is 4.79 Å². The summed E-state index contributed by atoms with van der Waals surface area (Å²) in [7, 11) is 0. The maximum absolute atomic E-state index is 12.2. The van der Waals surface area contributed by atoms with E-state index in [4.69, 9.17) is 0 Å². The van der Waals surface area contributed by atoms with Gasteiger partial charge in [-0.2, -0.15) is 5.10 Å². The van der Waals surface area contributed by atoms with Crippen LogP contribution in [0.15, 0.2) is 49.2 Å². The van der Waals surface area contributed by atoms with Crippen molar-refractivity contribution in [1.82, 2.24) is 30.0 Å². The molecule has 0 aliphatic rings. The van der Waals surface area contributed by atoms with Crippen LogP contribution in [0.25, 0.3) is 5.69 Å². The van der Waals surface area contributed by atoms with E-state index in [2.05, 4.69) is 25.4 Å². The van der Waals surface area contributed by atoms with E-state index in [1.165, 1.54) is 6.33 Å². The van der Waals surface area contributed by atoms with Crippen molar-refractivity contribution in [2.45, 2.75) is 19.9 Å². The summed E-state index contributed by atoms with van der Waals surface area (Å²) in [5.41, 5.74) is 2.27. The summed E-state index contributed by atoms with van der Waals surface area (Å²) >= 11 is 0. The van der Waals surface area contributed by atoms with Crippen LogP contribution in [0.1, 0.15) is 34.8 Å². The van der Waals surface area contributed by atoms with Crippen LogP contribution in [0.4, 0.5) is 0 Å². The van der Waals surface area contributed by atoms with Gasteiger partial charge in [0.2, 0.25) is 0 Å². The predicted octanol–water partition coefficient (Wildman–Crippen LogP) is 1.86. The first-order valence-corrected chi connectivity index (χ1v) is 7.19. The third-order valence-electron chi connectivity index (χ3n) is 3.43. The molecule has 2 heterocycles. The Labute approximate surface area is 133 Å². The average molecular weight is 308 g/mol. The summed E-state index contributed by atoms with van der Waals surface area (Å²) in [6.45, 7) is 3.68. The maximum atomic E-state index is 12.2. The summed E-state index contributed by atoms with van der Waals surface area (Å²) in [4.78, 5) is 24.2. The van der Waals surface area contributed by atoms with Gasteiger partial charge >= 0.3 is 0 Å². The van der Waals surface area contributed by atoms with Crippen LogP contribution in [0.2, 0.25) is 0 Å². The van der Waals surface area contributed by atoms with E-state index in [0.29, 0.717) is 11.5 Å². The number of hydrogen-bond acceptors (Lipinski definition) is 5. The van der Waals surface area contributed by atoms with Crippen LogP contribution in [-0.4, -0.2) is 30.6 Å². The molecule has 0 aliphatic carbocycles. The van der Waals surface area contributed by atoms with Gasteiger partial charge in [-0.05, 0) is 37.6 Å². The van der Waals surface area contributed by atoms with E-state index >= 15 is 0 Å². The number of nitrogens with one attached hydrogen (secondary N) is 1. The minimum Gasteiger partial charge on any atom is -0.344 e. The fraction of sp³-hybridized carbons (Fsp3) is 0.188. The van der Waals surface area contributed by atoms with Crippen LogP contribution in [0.3, 0.4) is 0 Å². The molecule has 2 aromatic heterocycles. The van der Waals surface area contributed by atoms with E-state index in [0.717, 1.165) is 11.3 Å². The number of hydrogen-bond donors (Lipinski definition) is 1. The lowest BCUT2D eigenvalue weighted by atomic mass is 10.1. The summed E-state index contributed by atoms with van der Waals surface area (Å²) in [5.74, 6) is 0.353. The minimum atomic E-state index is -0.219. The normalized spacial score (nSPS) is 11.9. The molecule has 0 aliphatic heterocycles. The van der Waals surface area contributed by atoms with Crippen molar-refractivity contribution in [2.75, 3.05) is 0 Å². The standard InChI is InChI=1S/C16H16N6O/c1-11(20-16(23)15-7-8-18-12(2)21-15)13-3-5-14(6-4-13)22-10-17-9-19-22/h3-11H,1-2H3,(H,20,23). The van der Waals surface area contributed by atoms with Gasteiger partial charge in [-0.25, -0.2) is 19.6 Å². The lowest BCUT2D eigenvalue weighted by Gasteiger charge is -2.14. The molecule has 1 N–H and O–H groups in total. The Morgan fingerprint density at radius 3 is 2.65 bits per heavy atom. The molecule has 0 fully saturated rings. The molecule has 0 radical (unpaired) electrons. The van der Waals surface area contributed by atoms with Crippen molar-refractivity contribution in [1.29, 1.82) is 0 Å². The highest BCUT2D eigenvalue weighted by atomic mass is 16.1.